The molecule has 0 aromatic heterocycles. The van der Waals surface area contributed by atoms with Crippen LogP contribution in [0.25, 0.3) is 10.8 Å². The highest BCUT2D eigenvalue weighted by atomic mass is 32.2. The lowest BCUT2D eigenvalue weighted by molar-refractivity contribution is -0.132. The smallest absolute Gasteiger partial charge is 0.244 e. The number of para-hydroxylation sites is 1. The zero-order valence-corrected chi connectivity index (χ0v) is 16.3. The average molecular weight is 378 g/mol. The maximum atomic E-state index is 12.5. The molecule has 0 aliphatic rings. The molecule has 3 rings (SSSR count). The fraction of sp³-hybridized carbons (Fsp3) is 0.182. The Labute approximate surface area is 163 Å². The van der Waals surface area contributed by atoms with Gasteiger partial charge in [-0.2, -0.15) is 0 Å². The number of hydrogen-bond donors (Lipinski definition) is 1. The van der Waals surface area contributed by atoms with Gasteiger partial charge in [-0.1, -0.05) is 54.6 Å². The van der Waals surface area contributed by atoms with Crippen LogP contribution in [-0.4, -0.2) is 36.6 Å². The van der Waals surface area contributed by atoms with Crippen molar-refractivity contribution in [3.05, 3.63) is 72.3 Å². The van der Waals surface area contributed by atoms with Crippen molar-refractivity contribution in [2.75, 3.05) is 25.2 Å². The molecule has 4 nitrogen and oxygen atoms in total. The molecule has 0 atom stereocenters. The number of fused-ring (bicyclic) bond motifs is 1. The van der Waals surface area contributed by atoms with Gasteiger partial charge in [-0.15, -0.1) is 11.8 Å². The molecule has 0 radical (unpaired) electrons. The molecule has 0 bridgehead atoms. The van der Waals surface area contributed by atoms with Crippen LogP contribution >= 0.6 is 11.8 Å². The molecule has 1 N–H and O–H groups in total. The van der Waals surface area contributed by atoms with Crippen LogP contribution in [0.2, 0.25) is 0 Å². The monoisotopic (exact) mass is 378 g/mol. The summed E-state index contributed by atoms with van der Waals surface area (Å²) < 4.78 is 0. The summed E-state index contributed by atoms with van der Waals surface area (Å²) in [5.74, 6) is -0.288. The second-order valence-electron chi connectivity index (χ2n) is 6.36. The number of likely N-dealkylation sites (N-methyl/N-ethyl adjacent to an activating group) is 1. The van der Waals surface area contributed by atoms with Crippen LogP contribution in [0.5, 0.6) is 0 Å². The number of thioether (sulfide) groups is 1. The molecular weight excluding hydrogens is 356 g/mol. The fourth-order valence-corrected chi connectivity index (χ4v) is 3.45. The van der Waals surface area contributed by atoms with E-state index < -0.39 is 0 Å². The van der Waals surface area contributed by atoms with E-state index in [0.29, 0.717) is 0 Å². The minimum atomic E-state index is -0.203. The summed E-state index contributed by atoms with van der Waals surface area (Å²) in [4.78, 5) is 27.3. The maximum absolute atomic E-state index is 12.5. The van der Waals surface area contributed by atoms with E-state index in [4.69, 9.17) is 0 Å². The minimum Gasteiger partial charge on any atom is -0.336 e. The van der Waals surface area contributed by atoms with Gasteiger partial charge < -0.3 is 10.2 Å². The Kier molecular flexibility index (Phi) is 6.14. The molecule has 0 heterocycles. The largest absolute Gasteiger partial charge is 0.336 e. The lowest BCUT2D eigenvalue weighted by Crippen LogP contribution is -2.35. The molecule has 0 fully saturated rings. The third-order valence-electron chi connectivity index (χ3n) is 4.36. The number of amides is 2. The van der Waals surface area contributed by atoms with E-state index in [2.05, 4.69) is 5.32 Å². The molecule has 0 aliphatic carbocycles. The first-order valence-corrected chi connectivity index (χ1v) is 9.94. The first-order valence-electron chi connectivity index (χ1n) is 8.71. The summed E-state index contributed by atoms with van der Waals surface area (Å²) in [6.07, 6.45) is 2.24. The molecule has 0 spiro atoms. The number of nitrogens with one attached hydrogen (secondary N) is 1. The second kappa shape index (κ2) is 8.73. The molecule has 3 aromatic carbocycles. The van der Waals surface area contributed by atoms with Crippen molar-refractivity contribution in [2.45, 2.75) is 11.3 Å². The third-order valence-corrected chi connectivity index (χ3v) is 5.15. The van der Waals surface area contributed by atoms with Crippen LogP contribution in [0.1, 0.15) is 5.56 Å². The normalized spacial score (nSPS) is 10.6. The topological polar surface area (TPSA) is 49.4 Å². The Morgan fingerprint density at radius 3 is 2.44 bits per heavy atom. The standard InChI is InChI=1S/C22H22N2O2S/c1-24(15-21(25)23-19-9-5-6-10-20(19)27-2)22(26)14-16-11-12-17-7-3-4-8-18(17)13-16/h3-13H,14-15H2,1-2H3,(H,23,25). The van der Waals surface area contributed by atoms with Crippen molar-refractivity contribution in [2.24, 2.45) is 0 Å². The highest BCUT2D eigenvalue weighted by molar-refractivity contribution is 7.98. The number of nitrogens with zero attached hydrogens (tertiary/aromatic N) is 1. The Morgan fingerprint density at radius 2 is 1.67 bits per heavy atom. The van der Waals surface area contributed by atoms with E-state index in [0.717, 1.165) is 26.9 Å². The quantitative estimate of drug-likeness (QED) is 0.654. The highest BCUT2D eigenvalue weighted by Crippen LogP contribution is 2.24. The number of benzene rings is 3. The van der Waals surface area contributed by atoms with Gasteiger partial charge in [0.05, 0.1) is 18.7 Å². The summed E-state index contributed by atoms with van der Waals surface area (Å²) in [6.45, 7) is 0.0229. The number of rotatable bonds is 6. The van der Waals surface area contributed by atoms with Gasteiger partial charge in [-0.05, 0) is 34.7 Å². The van der Waals surface area contributed by atoms with Gasteiger partial charge in [0, 0.05) is 11.9 Å². The molecule has 2 amide bonds. The predicted molar refractivity (Wildman–Crippen MR) is 112 cm³/mol. The lowest BCUT2D eigenvalue weighted by Gasteiger charge is -2.17. The van der Waals surface area contributed by atoms with Gasteiger partial charge in [0.1, 0.15) is 0 Å². The van der Waals surface area contributed by atoms with Crippen LogP contribution in [0.3, 0.4) is 0 Å². The Balaban J connectivity index is 1.60. The van der Waals surface area contributed by atoms with Crippen LogP contribution in [0, 0.1) is 0 Å². The average Bonchev–Trinajstić information content (AvgIpc) is 2.68. The van der Waals surface area contributed by atoms with E-state index in [1.54, 1.807) is 18.8 Å². The SMILES string of the molecule is CSc1ccccc1NC(=O)CN(C)C(=O)Cc1ccc2ccccc2c1. The highest BCUT2D eigenvalue weighted by Gasteiger charge is 2.14. The van der Waals surface area contributed by atoms with Gasteiger partial charge >= 0.3 is 0 Å². The predicted octanol–water partition coefficient (Wildman–Crippen LogP) is 4.20. The van der Waals surface area contributed by atoms with Crippen molar-refractivity contribution in [3.8, 4) is 0 Å². The second-order valence-corrected chi connectivity index (χ2v) is 7.20. The fourth-order valence-electron chi connectivity index (χ4n) is 2.90. The summed E-state index contributed by atoms with van der Waals surface area (Å²) in [5.41, 5.74) is 1.71. The molecule has 27 heavy (non-hydrogen) atoms. The summed E-state index contributed by atoms with van der Waals surface area (Å²) in [7, 11) is 1.66. The van der Waals surface area contributed by atoms with E-state index >= 15 is 0 Å². The first kappa shape index (κ1) is 19.0. The van der Waals surface area contributed by atoms with Crippen molar-refractivity contribution in [3.63, 3.8) is 0 Å². The number of anilines is 1. The number of carbonyl (C=O) groups is 2. The van der Waals surface area contributed by atoms with Gasteiger partial charge in [0.25, 0.3) is 0 Å². The van der Waals surface area contributed by atoms with Gasteiger partial charge in [0.2, 0.25) is 11.8 Å². The van der Waals surface area contributed by atoms with Crippen molar-refractivity contribution >= 4 is 40.0 Å². The van der Waals surface area contributed by atoms with Crippen LogP contribution in [0.4, 0.5) is 5.69 Å². The van der Waals surface area contributed by atoms with E-state index in [1.807, 2.05) is 73.0 Å². The minimum absolute atomic E-state index is 0.0229. The van der Waals surface area contributed by atoms with Crippen LogP contribution < -0.4 is 5.32 Å². The van der Waals surface area contributed by atoms with Crippen LogP contribution in [-0.2, 0) is 16.0 Å². The van der Waals surface area contributed by atoms with Crippen LogP contribution in [0.15, 0.2) is 71.6 Å². The van der Waals surface area contributed by atoms with Gasteiger partial charge in [-0.3, -0.25) is 9.59 Å². The van der Waals surface area contributed by atoms with Crippen molar-refractivity contribution in [1.29, 1.82) is 0 Å². The first-order chi connectivity index (χ1) is 13.1. The van der Waals surface area contributed by atoms with Crippen molar-refractivity contribution < 1.29 is 9.59 Å². The number of carbonyl (C=O) groups excluding carboxylic acids is 2. The van der Waals surface area contributed by atoms with Gasteiger partial charge in [0.15, 0.2) is 0 Å². The Hall–Kier alpha value is -2.79. The van der Waals surface area contributed by atoms with E-state index in [9.17, 15) is 9.59 Å². The summed E-state index contributed by atoms with van der Waals surface area (Å²) >= 11 is 1.57. The third kappa shape index (κ3) is 4.89. The molecule has 0 saturated carbocycles. The molecule has 0 unspecified atom stereocenters. The van der Waals surface area contributed by atoms with Gasteiger partial charge in [-0.25, -0.2) is 0 Å². The molecule has 0 saturated heterocycles. The summed E-state index contributed by atoms with van der Waals surface area (Å²) in [6, 6.07) is 21.7. The Morgan fingerprint density at radius 1 is 0.963 bits per heavy atom. The lowest BCUT2D eigenvalue weighted by atomic mass is 10.0. The van der Waals surface area contributed by atoms with E-state index in [1.165, 1.54) is 4.90 Å². The molecule has 0 aliphatic heterocycles. The van der Waals surface area contributed by atoms with E-state index in [-0.39, 0.29) is 24.8 Å². The molecule has 138 valence electrons. The maximum Gasteiger partial charge on any atom is 0.244 e. The number of hydrogen-bond acceptors (Lipinski definition) is 3. The zero-order valence-electron chi connectivity index (χ0n) is 15.4. The zero-order chi connectivity index (χ0) is 19.2. The Bertz CT molecular complexity index is 971. The molecule has 5 heteroatoms. The molecular formula is C22H22N2O2S. The molecule has 3 aromatic rings. The summed E-state index contributed by atoms with van der Waals surface area (Å²) in [5, 5.41) is 5.14. The van der Waals surface area contributed by atoms with Crippen molar-refractivity contribution in [1.82, 2.24) is 4.90 Å².